The summed E-state index contributed by atoms with van der Waals surface area (Å²) in [5.41, 5.74) is 0.950. The Bertz CT molecular complexity index is 707. The third-order valence-corrected chi connectivity index (χ3v) is 11.5. The van der Waals surface area contributed by atoms with Crippen molar-refractivity contribution in [1.82, 2.24) is 0 Å². The molecule has 0 N–H and O–H groups in total. The molecule has 1 unspecified atom stereocenters. The first-order chi connectivity index (χ1) is 13.8. The molecule has 10 atom stereocenters. The highest BCUT2D eigenvalue weighted by Crippen LogP contribution is 2.80. The molecule has 5 fully saturated rings. The van der Waals surface area contributed by atoms with Crippen LogP contribution in [0.1, 0.15) is 98.8 Å². The van der Waals surface area contributed by atoms with Crippen LogP contribution in [0.5, 0.6) is 0 Å². The third-order valence-electron chi connectivity index (χ3n) is 11.5. The van der Waals surface area contributed by atoms with E-state index in [9.17, 15) is 4.79 Å². The molecule has 0 radical (unpaired) electrons. The smallest absolute Gasteiger partial charge is 0.140 e. The third kappa shape index (κ3) is 2.61. The first-order valence-corrected chi connectivity index (χ1v) is 13.0. The highest BCUT2D eigenvalue weighted by molar-refractivity contribution is 5.91. The van der Waals surface area contributed by atoms with E-state index in [4.69, 9.17) is 0 Å². The average Bonchev–Trinajstić information content (AvgIpc) is 3.21. The van der Waals surface area contributed by atoms with Crippen molar-refractivity contribution in [3.63, 3.8) is 0 Å². The summed E-state index contributed by atoms with van der Waals surface area (Å²) in [6.07, 6.45) is 18.1. The summed E-state index contributed by atoms with van der Waals surface area (Å²) < 4.78 is 0. The van der Waals surface area contributed by atoms with Crippen LogP contribution in [0, 0.1) is 57.7 Å². The largest absolute Gasteiger partial charge is 0.299 e. The van der Waals surface area contributed by atoms with Crippen molar-refractivity contribution in [2.24, 2.45) is 57.7 Å². The van der Waals surface area contributed by atoms with Crippen molar-refractivity contribution in [2.75, 3.05) is 0 Å². The van der Waals surface area contributed by atoms with Gasteiger partial charge in [-0.1, -0.05) is 53.2 Å². The molecular formula is C28H44O. The highest BCUT2D eigenvalue weighted by atomic mass is 16.1. The quantitative estimate of drug-likeness (QED) is 0.441. The number of rotatable bonds is 5. The Morgan fingerprint density at radius 3 is 2.55 bits per heavy atom. The van der Waals surface area contributed by atoms with Crippen molar-refractivity contribution < 1.29 is 4.79 Å². The van der Waals surface area contributed by atoms with E-state index in [1.165, 1.54) is 57.8 Å². The van der Waals surface area contributed by atoms with Crippen molar-refractivity contribution >= 4 is 5.78 Å². The molecular weight excluding hydrogens is 352 g/mol. The fourth-order valence-electron chi connectivity index (χ4n) is 9.97. The number of fused-ring (bicyclic) bond motifs is 4. The van der Waals surface area contributed by atoms with Gasteiger partial charge in [0.15, 0.2) is 0 Å². The topological polar surface area (TPSA) is 17.1 Å². The van der Waals surface area contributed by atoms with Crippen LogP contribution in [0.4, 0.5) is 0 Å². The minimum Gasteiger partial charge on any atom is -0.299 e. The van der Waals surface area contributed by atoms with Gasteiger partial charge in [0.2, 0.25) is 0 Å². The lowest BCUT2D eigenvalue weighted by atomic mass is 9.45. The van der Waals surface area contributed by atoms with Gasteiger partial charge in [0.1, 0.15) is 5.78 Å². The maximum Gasteiger partial charge on any atom is 0.140 e. The zero-order chi connectivity index (χ0) is 20.6. The maximum absolute atomic E-state index is 13.4. The summed E-state index contributed by atoms with van der Waals surface area (Å²) in [7, 11) is 0. The van der Waals surface area contributed by atoms with Gasteiger partial charge in [-0.3, -0.25) is 4.79 Å². The van der Waals surface area contributed by atoms with E-state index in [-0.39, 0.29) is 5.41 Å². The monoisotopic (exact) mass is 396 g/mol. The minimum atomic E-state index is 0.144. The molecule has 5 rings (SSSR count). The normalized spacial score (nSPS) is 52.6. The lowest BCUT2D eigenvalue weighted by Gasteiger charge is -2.58. The Labute approximate surface area is 179 Å². The molecule has 5 aliphatic rings. The van der Waals surface area contributed by atoms with Gasteiger partial charge >= 0.3 is 0 Å². The van der Waals surface area contributed by atoms with Crippen molar-refractivity contribution in [1.29, 1.82) is 0 Å². The van der Waals surface area contributed by atoms with Crippen LogP contribution in [0.3, 0.4) is 0 Å². The number of allylic oxidation sites excluding steroid dienone is 2. The number of hydrogen-bond acceptors (Lipinski definition) is 1. The SMILES string of the molecule is CCC[C@@H](C)/C=C/[C@@H](C)[C@H]1CC[C@H]2[C@@H]3CC(=O)C45C[C@H]4CC[C@]5(C)[C@H]3CC[C@]12C. The minimum absolute atomic E-state index is 0.144. The Morgan fingerprint density at radius 1 is 1.03 bits per heavy atom. The summed E-state index contributed by atoms with van der Waals surface area (Å²) in [4.78, 5) is 13.4. The predicted octanol–water partition coefficient (Wildman–Crippen LogP) is 7.45. The number of carbonyl (C=O) groups excluding carboxylic acids is 1. The zero-order valence-corrected chi connectivity index (χ0v) is 19.7. The van der Waals surface area contributed by atoms with Crippen molar-refractivity contribution in [2.45, 2.75) is 98.8 Å². The van der Waals surface area contributed by atoms with Gasteiger partial charge in [0.25, 0.3) is 0 Å². The Balaban J connectivity index is 1.36. The molecule has 162 valence electrons. The summed E-state index contributed by atoms with van der Waals surface area (Å²) in [6.45, 7) is 12.3. The standard InChI is InChI=1S/C28H44O/c1-6-7-18(2)8-9-19(3)22-10-11-23-21-16-25(29)28-17-20(28)12-15-27(28,5)24(21)13-14-26(22,23)4/h8-9,18-24H,6-7,10-17H2,1-5H3/b9-8+/t18-,19-,20-,21+,22-,23+,24+,26-,27-,28?/m1/s1. The second-order valence-electron chi connectivity index (χ2n) is 12.6. The van der Waals surface area contributed by atoms with Crippen LogP contribution >= 0.6 is 0 Å². The summed E-state index contributed by atoms with van der Waals surface area (Å²) in [5.74, 6) is 5.99. The van der Waals surface area contributed by atoms with E-state index < -0.39 is 0 Å². The fraction of sp³-hybridized carbons (Fsp3) is 0.893. The van der Waals surface area contributed by atoms with Crippen molar-refractivity contribution in [3.05, 3.63) is 12.2 Å². The molecule has 0 amide bonds. The molecule has 5 saturated carbocycles. The van der Waals surface area contributed by atoms with Gasteiger partial charge in [-0.2, -0.15) is 0 Å². The van der Waals surface area contributed by atoms with E-state index in [2.05, 4.69) is 46.8 Å². The Hall–Kier alpha value is -0.590. The number of carbonyl (C=O) groups is 1. The van der Waals surface area contributed by atoms with Crippen molar-refractivity contribution in [3.8, 4) is 0 Å². The van der Waals surface area contributed by atoms with Crippen LogP contribution in [0.15, 0.2) is 12.2 Å². The molecule has 0 saturated heterocycles. The molecule has 29 heavy (non-hydrogen) atoms. The second-order valence-corrected chi connectivity index (χ2v) is 12.6. The van der Waals surface area contributed by atoms with E-state index in [1.54, 1.807) is 0 Å². The summed E-state index contributed by atoms with van der Waals surface area (Å²) in [5, 5.41) is 0. The fourth-order valence-corrected chi connectivity index (χ4v) is 9.97. The number of ketones is 1. The molecule has 0 aromatic carbocycles. The molecule has 0 aromatic rings. The summed E-state index contributed by atoms with van der Waals surface area (Å²) >= 11 is 0. The first-order valence-electron chi connectivity index (χ1n) is 13.0. The number of Topliss-reactive ketones (excluding diaryl/α,β-unsaturated/α-hetero) is 1. The first kappa shape index (κ1) is 20.3. The predicted molar refractivity (Wildman–Crippen MR) is 120 cm³/mol. The Morgan fingerprint density at radius 2 is 1.83 bits per heavy atom. The van der Waals surface area contributed by atoms with Gasteiger partial charge in [-0.25, -0.2) is 0 Å². The zero-order valence-electron chi connectivity index (χ0n) is 19.7. The van der Waals surface area contributed by atoms with E-state index in [0.717, 1.165) is 30.1 Å². The van der Waals surface area contributed by atoms with Crippen LogP contribution in [-0.4, -0.2) is 5.78 Å². The van der Waals surface area contributed by atoms with Gasteiger partial charge in [0, 0.05) is 11.8 Å². The van der Waals surface area contributed by atoms with Gasteiger partial charge in [-0.05, 0) is 104 Å². The molecule has 0 aliphatic heterocycles. The molecule has 0 bridgehead atoms. The highest BCUT2D eigenvalue weighted by Gasteiger charge is 2.77. The molecule has 1 nitrogen and oxygen atoms in total. The van der Waals surface area contributed by atoms with Crippen LogP contribution in [0.25, 0.3) is 0 Å². The lowest BCUT2D eigenvalue weighted by molar-refractivity contribution is -0.151. The Kier molecular flexibility index (Phi) is 4.70. The molecule has 1 spiro atoms. The van der Waals surface area contributed by atoms with Gasteiger partial charge in [-0.15, -0.1) is 0 Å². The van der Waals surface area contributed by atoms with Crippen LogP contribution in [-0.2, 0) is 4.79 Å². The lowest BCUT2D eigenvalue weighted by Crippen LogP contribution is -2.55. The summed E-state index contributed by atoms with van der Waals surface area (Å²) in [6, 6.07) is 0. The molecule has 1 heteroatoms. The van der Waals surface area contributed by atoms with Crippen LogP contribution in [0.2, 0.25) is 0 Å². The van der Waals surface area contributed by atoms with Crippen LogP contribution < -0.4 is 0 Å². The average molecular weight is 397 g/mol. The molecule has 0 heterocycles. The van der Waals surface area contributed by atoms with E-state index in [0.29, 0.717) is 34.4 Å². The number of hydrogen-bond donors (Lipinski definition) is 0. The van der Waals surface area contributed by atoms with E-state index in [1.807, 2.05) is 0 Å². The van der Waals surface area contributed by atoms with Gasteiger partial charge < -0.3 is 0 Å². The molecule has 5 aliphatic carbocycles. The second kappa shape index (κ2) is 6.70. The maximum atomic E-state index is 13.4. The van der Waals surface area contributed by atoms with E-state index >= 15 is 0 Å². The molecule has 0 aromatic heterocycles. The van der Waals surface area contributed by atoms with Gasteiger partial charge in [0.05, 0.1) is 0 Å².